The highest BCUT2D eigenvalue weighted by molar-refractivity contribution is 6.31. The van der Waals surface area contributed by atoms with Gasteiger partial charge in [-0.1, -0.05) is 48.5 Å². The molecule has 0 bridgehead atoms. The maximum absolute atomic E-state index is 6.01. The number of hydrogen-bond donors (Lipinski definition) is 1. The summed E-state index contributed by atoms with van der Waals surface area (Å²) in [6.07, 6.45) is 6.05. The van der Waals surface area contributed by atoms with Crippen LogP contribution in [0.1, 0.15) is 11.6 Å². The molecular weight excluding hydrogens is 232 g/mol. The van der Waals surface area contributed by atoms with Gasteiger partial charge in [-0.25, -0.2) is 0 Å². The highest BCUT2D eigenvalue weighted by Crippen LogP contribution is 2.34. The van der Waals surface area contributed by atoms with Crippen LogP contribution in [0.2, 0.25) is 0 Å². The summed E-state index contributed by atoms with van der Waals surface area (Å²) in [6.45, 7) is 4.16. The summed E-state index contributed by atoms with van der Waals surface area (Å²) in [6, 6.07) is 10.5. The van der Waals surface area contributed by atoms with Crippen molar-refractivity contribution in [2.24, 2.45) is 0 Å². The number of fused-ring (bicyclic) bond motifs is 1. The van der Waals surface area contributed by atoms with Gasteiger partial charge in [0.2, 0.25) is 0 Å². The van der Waals surface area contributed by atoms with Crippen molar-refractivity contribution < 1.29 is 0 Å². The average Bonchev–Trinajstić information content (AvgIpc) is 2.68. The lowest BCUT2D eigenvalue weighted by Crippen LogP contribution is -2.31. The molecule has 2 unspecified atom stereocenters. The number of allylic oxidation sites excluding steroid dienone is 2. The first-order valence-corrected chi connectivity index (χ1v) is 5.97. The molecule has 2 heterocycles. The Labute approximate surface area is 106 Å². The van der Waals surface area contributed by atoms with Crippen molar-refractivity contribution in [1.29, 1.82) is 0 Å². The number of halogens is 1. The minimum atomic E-state index is 0.157. The van der Waals surface area contributed by atoms with Gasteiger partial charge in [-0.15, -0.1) is 0 Å². The van der Waals surface area contributed by atoms with E-state index >= 15 is 0 Å². The molecule has 2 atom stereocenters. The fraction of sp³-hybridized carbons (Fsp3) is 0.143. The molecule has 1 aromatic rings. The molecule has 0 radical (unpaired) electrons. The fourth-order valence-corrected chi connectivity index (χ4v) is 2.46. The van der Waals surface area contributed by atoms with Crippen molar-refractivity contribution in [2.45, 2.75) is 12.2 Å². The lowest BCUT2D eigenvalue weighted by Gasteiger charge is -2.23. The zero-order valence-electron chi connectivity index (χ0n) is 9.31. The minimum Gasteiger partial charge on any atom is -0.329 e. The summed E-state index contributed by atoms with van der Waals surface area (Å²) in [5, 5.41) is 4.25. The molecule has 2 aliphatic rings. The molecular formula is C14H13ClN2. The van der Waals surface area contributed by atoms with Gasteiger partial charge in [-0.3, -0.25) is 5.32 Å². The Bertz CT molecular complexity index is 504. The predicted molar refractivity (Wildman–Crippen MR) is 70.2 cm³/mol. The molecule has 17 heavy (non-hydrogen) atoms. The summed E-state index contributed by atoms with van der Waals surface area (Å²) in [4.78, 5) is 2.08. The van der Waals surface area contributed by atoms with Crippen molar-refractivity contribution in [3.05, 3.63) is 71.6 Å². The van der Waals surface area contributed by atoms with Crippen molar-refractivity contribution in [3.63, 3.8) is 0 Å². The topological polar surface area (TPSA) is 15.3 Å². The van der Waals surface area contributed by atoms with Crippen molar-refractivity contribution in [1.82, 2.24) is 10.2 Å². The Kier molecular flexibility index (Phi) is 2.54. The van der Waals surface area contributed by atoms with Gasteiger partial charge in [0, 0.05) is 11.9 Å². The predicted octanol–water partition coefficient (Wildman–Crippen LogP) is 3.12. The van der Waals surface area contributed by atoms with Gasteiger partial charge >= 0.3 is 0 Å². The number of nitrogens with one attached hydrogen (secondary N) is 1. The third-order valence-electron chi connectivity index (χ3n) is 3.14. The first-order chi connectivity index (χ1) is 8.25. The average molecular weight is 245 g/mol. The summed E-state index contributed by atoms with van der Waals surface area (Å²) in [5.41, 5.74) is 2.26. The van der Waals surface area contributed by atoms with E-state index in [1.165, 1.54) is 5.56 Å². The van der Waals surface area contributed by atoms with Crippen LogP contribution in [0.4, 0.5) is 0 Å². The number of benzene rings is 1. The van der Waals surface area contributed by atoms with Crippen molar-refractivity contribution in [2.75, 3.05) is 0 Å². The molecule has 0 amide bonds. The molecule has 3 rings (SSSR count). The van der Waals surface area contributed by atoms with E-state index in [2.05, 4.69) is 35.0 Å². The van der Waals surface area contributed by atoms with Crippen LogP contribution in [0.3, 0.4) is 0 Å². The molecule has 1 fully saturated rings. The Hall–Kier alpha value is -1.51. The second-order valence-corrected chi connectivity index (χ2v) is 4.66. The van der Waals surface area contributed by atoms with Crippen LogP contribution in [-0.4, -0.2) is 11.1 Å². The third-order valence-corrected chi connectivity index (χ3v) is 3.36. The molecule has 2 aliphatic heterocycles. The van der Waals surface area contributed by atoms with E-state index in [1.54, 1.807) is 0 Å². The second kappa shape index (κ2) is 4.06. The van der Waals surface area contributed by atoms with E-state index in [4.69, 9.17) is 11.6 Å². The van der Waals surface area contributed by atoms with Crippen LogP contribution in [0.5, 0.6) is 0 Å². The van der Waals surface area contributed by atoms with Crippen molar-refractivity contribution in [3.8, 4) is 0 Å². The largest absolute Gasteiger partial charge is 0.329 e. The molecule has 1 N–H and O–H groups in total. The van der Waals surface area contributed by atoms with Gasteiger partial charge in [0.1, 0.15) is 6.17 Å². The van der Waals surface area contributed by atoms with Crippen LogP contribution < -0.4 is 5.32 Å². The highest BCUT2D eigenvalue weighted by Gasteiger charge is 2.33. The fourth-order valence-electron chi connectivity index (χ4n) is 2.28. The second-order valence-electron chi connectivity index (χ2n) is 4.23. The van der Waals surface area contributed by atoms with Crippen LogP contribution in [0, 0.1) is 0 Å². The SMILES string of the molecule is C=C1C(c2ccccc2)NC2C=CC(Cl)=CN12. The Morgan fingerprint density at radius 1 is 1.24 bits per heavy atom. The quantitative estimate of drug-likeness (QED) is 0.817. The third kappa shape index (κ3) is 1.79. The van der Waals surface area contributed by atoms with Gasteiger partial charge in [-0.05, 0) is 17.7 Å². The molecule has 1 saturated heterocycles. The Morgan fingerprint density at radius 3 is 2.76 bits per heavy atom. The molecule has 86 valence electrons. The standard InChI is InChI=1S/C14H13ClN2/c1-10-14(11-5-3-2-4-6-11)16-13-8-7-12(15)9-17(10)13/h2-9,13-14,16H,1H2. The first kappa shape index (κ1) is 10.6. The normalized spacial score (nSPS) is 27.0. The Morgan fingerprint density at radius 2 is 2.00 bits per heavy atom. The number of rotatable bonds is 1. The zero-order valence-corrected chi connectivity index (χ0v) is 10.1. The minimum absolute atomic E-state index is 0.157. The lowest BCUT2D eigenvalue weighted by atomic mass is 10.1. The van der Waals surface area contributed by atoms with Gasteiger partial charge in [0.05, 0.1) is 11.1 Å². The van der Waals surface area contributed by atoms with Crippen molar-refractivity contribution >= 4 is 11.6 Å². The van der Waals surface area contributed by atoms with Gasteiger partial charge in [-0.2, -0.15) is 0 Å². The smallest absolute Gasteiger partial charge is 0.104 e. The van der Waals surface area contributed by atoms with Gasteiger partial charge in [0.15, 0.2) is 0 Å². The number of nitrogens with zero attached hydrogens (tertiary/aromatic N) is 1. The van der Waals surface area contributed by atoms with Crippen LogP contribution >= 0.6 is 11.6 Å². The molecule has 1 aromatic carbocycles. The summed E-state index contributed by atoms with van der Waals surface area (Å²) in [5.74, 6) is 0. The monoisotopic (exact) mass is 244 g/mol. The van der Waals surface area contributed by atoms with Crippen LogP contribution in [-0.2, 0) is 0 Å². The summed E-state index contributed by atoms with van der Waals surface area (Å²) < 4.78 is 0. The number of hydrogen-bond acceptors (Lipinski definition) is 2. The highest BCUT2D eigenvalue weighted by atomic mass is 35.5. The van der Waals surface area contributed by atoms with Gasteiger partial charge < -0.3 is 4.90 Å². The van der Waals surface area contributed by atoms with E-state index < -0.39 is 0 Å². The molecule has 2 nitrogen and oxygen atoms in total. The summed E-state index contributed by atoms with van der Waals surface area (Å²) in [7, 11) is 0. The van der Waals surface area contributed by atoms with E-state index in [0.29, 0.717) is 0 Å². The molecule has 0 spiro atoms. The molecule has 0 aromatic heterocycles. The maximum Gasteiger partial charge on any atom is 0.104 e. The maximum atomic E-state index is 6.01. The zero-order chi connectivity index (χ0) is 11.8. The van der Waals surface area contributed by atoms with Crippen LogP contribution in [0.25, 0.3) is 0 Å². The molecule has 0 saturated carbocycles. The van der Waals surface area contributed by atoms with E-state index in [-0.39, 0.29) is 12.2 Å². The lowest BCUT2D eigenvalue weighted by molar-refractivity contribution is 0.420. The van der Waals surface area contributed by atoms with E-state index in [9.17, 15) is 0 Å². The Balaban J connectivity index is 1.92. The molecule has 0 aliphatic carbocycles. The molecule has 3 heteroatoms. The van der Waals surface area contributed by atoms with E-state index in [1.807, 2.05) is 30.5 Å². The first-order valence-electron chi connectivity index (χ1n) is 5.59. The van der Waals surface area contributed by atoms with E-state index in [0.717, 1.165) is 10.7 Å². The summed E-state index contributed by atoms with van der Waals surface area (Å²) >= 11 is 6.01. The van der Waals surface area contributed by atoms with Gasteiger partial charge in [0.25, 0.3) is 0 Å². The van der Waals surface area contributed by atoms with Crippen LogP contribution in [0.15, 0.2) is 66.0 Å².